The highest BCUT2D eigenvalue weighted by Gasteiger charge is 2.25. The van der Waals surface area contributed by atoms with Crippen LogP contribution in [0.5, 0.6) is 0 Å². The SMILES string of the molecule is CCCNC(=O)C1CCN(c2ccc(SCC(=O)Nc3ccc(C(=O)OC)cc3)nn2)CC1. The lowest BCUT2D eigenvalue weighted by atomic mass is 9.96. The summed E-state index contributed by atoms with van der Waals surface area (Å²) >= 11 is 1.30. The number of nitrogens with one attached hydrogen (secondary N) is 2. The third-order valence-corrected chi connectivity index (χ3v) is 6.23. The maximum Gasteiger partial charge on any atom is 0.337 e. The van der Waals surface area contributed by atoms with E-state index in [0.717, 1.165) is 44.7 Å². The molecule has 2 heterocycles. The number of carbonyl (C=O) groups excluding carboxylic acids is 3. The van der Waals surface area contributed by atoms with Gasteiger partial charge in [0.15, 0.2) is 5.82 Å². The lowest BCUT2D eigenvalue weighted by Gasteiger charge is -2.31. The first-order chi connectivity index (χ1) is 16.0. The summed E-state index contributed by atoms with van der Waals surface area (Å²) < 4.78 is 4.66. The molecule has 1 aliphatic rings. The van der Waals surface area contributed by atoms with Gasteiger partial charge in [-0.3, -0.25) is 9.59 Å². The van der Waals surface area contributed by atoms with Gasteiger partial charge >= 0.3 is 5.97 Å². The molecule has 0 spiro atoms. The highest BCUT2D eigenvalue weighted by atomic mass is 32.2. The Kier molecular flexibility index (Phi) is 9.05. The monoisotopic (exact) mass is 471 g/mol. The number of aromatic nitrogens is 2. The summed E-state index contributed by atoms with van der Waals surface area (Å²) in [6.07, 6.45) is 2.54. The van der Waals surface area contributed by atoms with E-state index < -0.39 is 5.97 Å². The molecule has 0 unspecified atom stereocenters. The van der Waals surface area contributed by atoms with Gasteiger partial charge in [0, 0.05) is 31.2 Å². The van der Waals surface area contributed by atoms with Crippen LogP contribution in [0, 0.1) is 5.92 Å². The van der Waals surface area contributed by atoms with Crippen molar-refractivity contribution in [3.05, 3.63) is 42.0 Å². The maximum atomic E-state index is 12.2. The summed E-state index contributed by atoms with van der Waals surface area (Å²) in [7, 11) is 1.32. The first kappa shape index (κ1) is 24.5. The lowest BCUT2D eigenvalue weighted by molar-refractivity contribution is -0.125. The van der Waals surface area contributed by atoms with Gasteiger partial charge in [0.25, 0.3) is 0 Å². The third kappa shape index (κ3) is 7.18. The Morgan fingerprint density at radius 1 is 1.09 bits per heavy atom. The Hall–Kier alpha value is -3.14. The molecule has 10 heteroatoms. The highest BCUT2D eigenvalue weighted by Crippen LogP contribution is 2.23. The number of esters is 1. The summed E-state index contributed by atoms with van der Waals surface area (Å²) in [5.41, 5.74) is 1.02. The van der Waals surface area contributed by atoms with Crippen molar-refractivity contribution < 1.29 is 19.1 Å². The predicted octanol–water partition coefficient (Wildman–Crippen LogP) is 2.74. The average Bonchev–Trinajstić information content (AvgIpc) is 2.86. The zero-order valence-corrected chi connectivity index (χ0v) is 19.7. The summed E-state index contributed by atoms with van der Waals surface area (Å²) in [5.74, 6) is 0.567. The van der Waals surface area contributed by atoms with Gasteiger partial charge in [-0.15, -0.1) is 10.2 Å². The minimum atomic E-state index is -0.424. The molecule has 1 aromatic carbocycles. The quantitative estimate of drug-likeness (QED) is 0.424. The first-order valence-electron chi connectivity index (χ1n) is 11.0. The molecule has 1 saturated heterocycles. The molecule has 2 aromatic rings. The van der Waals surface area contributed by atoms with Crippen molar-refractivity contribution in [1.29, 1.82) is 0 Å². The molecular weight excluding hydrogens is 442 g/mol. The molecule has 0 bridgehead atoms. The number of ether oxygens (including phenoxy) is 1. The number of anilines is 2. The molecule has 1 aliphatic heterocycles. The van der Waals surface area contributed by atoms with Crippen LogP contribution in [0.1, 0.15) is 36.5 Å². The second-order valence-electron chi connectivity index (χ2n) is 7.69. The molecule has 0 aliphatic carbocycles. The fraction of sp³-hybridized carbons (Fsp3) is 0.435. The van der Waals surface area contributed by atoms with Crippen LogP contribution in [0.15, 0.2) is 41.4 Å². The number of hydrogen-bond donors (Lipinski definition) is 2. The van der Waals surface area contributed by atoms with E-state index in [1.807, 2.05) is 19.1 Å². The number of hydrogen-bond acceptors (Lipinski definition) is 8. The number of methoxy groups -OCH3 is 1. The van der Waals surface area contributed by atoms with E-state index in [1.54, 1.807) is 24.3 Å². The van der Waals surface area contributed by atoms with Crippen molar-refractivity contribution in [1.82, 2.24) is 15.5 Å². The number of amides is 2. The lowest BCUT2D eigenvalue weighted by Crippen LogP contribution is -2.41. The molecule has 1 aromatic heterocycles. The average molecular weight is 472 g/mol. The Morgan fingerprint density at radius 3 is 2.42 bits per heavy atom. The number of nitrogens with zero attached hydrogens (tertiary/aromatic N) is 3. The van der Waals surface area contributed by atoms with Gasteiger partial charge in [0.2, 0.25) is 11.8 Å². The predicted molar refractivity (Wildman–Crippen MR) is 127 cm³/mol. The fourth-order valence-corrected chi connectivity index (χ4v) is 4.08. The topological polar surface area (TPSA) is 114 Å². The minimum absolute atomic E-state index is 0.0609. The van der Waals surface area contributed by atoms with Crippen LogP contribution < -0.4 is 15.5 Å². The molecule has 2 N–H and O–H groups in total. The van der Waals surface area contributed by atoms with Gasteiger partial charge in [-0.2, -0.15) is 0 Å². The summed E-state index contributed by atoms with van der Waals surface area (Å²) in [4.78, 5) is 37.9. The highest BCUT2D eigenvalue weighted by molar-refractivity contribution is 7.99. The molecule has 1 fully saturated rings. The zero-order chi connectivity index (χ0) is 23.6. The number of thioether (sulfide) groups is 1. The molecule has 0 atom stereocenters. The van der Waals surface area contributed by atoms with Crippen LogP contribution in [0.3, 0.4) is 0 Å². The molecule has 176 valence electrons. The second kappa shape index (κ2) is 12.2. The summed E-state index contributed by atoms with van der Waals surface area (Å²) in [6.45, 7) is 4.30. The van der Waals surface area contributed by atoms with Crippen molar-refractivity contribution in [2.75, 3.05) is 42.7 Å². The van der Waals surface area contributed by atoms with E-state index in [9.17, 15) is 14.4 Å². The van der Waals surface area contributed by atoms with E-state index in [-0.39, 0.29) is 23.5 Å². The minimum Gasteiger partial charge on any atom is -0.465 e. The third-order valence-electron chi connectivity index (χ3n) is 5.31. The fourth-order valence-electron chi connectivity index (χ4n) is 3.47. The van der Waals surface area contributed by atoms with E-state index in [1.165, 1.54) is 18.9 Å². The molecule has 0 radical (unpaired) electrons. The standard InChI is InChI=1S/C23H29N5O4S/c1-3-12-24-22(30)16-10-13-28(14-11-16)19-8-9-21(27-26-19)33-15-20(29)25-18-6-4-17(5-7-18)23(31)32-2/h4-9,16H,3,10-15H2,1-2H3,(H,24,30)(H,25,29). The molecule has 33 heavy (non-hydrogen) atoms. The van der Waals surface area contributed by atoms with Crippen molar-refractivity contribution in [2.24, 2.45) is 5.92 Å². The van der Waals surface area contributed by atoms with Gasteiger partial charge in [-0.25, -0.2) is 4.79 Å². The summed E-state index contributed by atoms with van der Waals surface area (Å²) in [5, 5.41) is 14.9. The number of rotatable bonds is 9. The van der Waals surface area contributed by atoms with Gasteiger partial charge in [-0.1, -0.05) is 18.7 Å². The van der Waals surface area contributed by atoms with Crippen LogP contribution in [0.25, 0.3) is 0 Å². The Bertz CT molecular complexity index is 944. The van der Waals surface area contributed by atoms with Crippen LogP contribution in [-0.2, 0) is 14.3 Å². The van der Waals surface area contributed by atoms with Crippen molar-refractivity contribution >= 4 is 41.1 Å². The smallest absolute Gasteiger partial charge is 0.337 e. The molecule has 3 rings (SSSR count). The zero-order valence-electron chi connectivity index (χ0n) is 18.9. The number of benzene rings is 1. The first-order valence-corrected chi connectivity index (χ1v) is 12.0. The van der Waals surface area contributed by atoms with E-state index in [0.29, 0.717) is 16.3 Å². The number of carbonyl (C=O) groups is 3. The molecule has 9 nitrogen and oxygen atoms in total. The maximum absolute atomic E-state index is 12.2. The normalized spacial score (nSPS) is 13.9. The second-order valence-corrected chi connectivity index (χ2v) is 8.68. The molecule has 0 saturated carbocycles. The molecule has 2 amide bonds. The van der Waals surface area contributed by atoms with Crippen LogP contribution in [0.4, 0.5) is 11.5 Å². The van der Waals surface area contributed by atoms with E-state index >= 15 is 0 Å². The van der Waals surface area contributed by atoms with E-state index in [2.05, 4.69) is 30.5 Å². The Labute approximate surface area is 197 Å². The Balaban J connectivity index is 1.43. The summed E-state index contributed by atoms with van der Waals surface area (Å²) in [6, 6.07) is 10.3. The van der Waals surface area contributed by atoms with Gasteiger partial charge in [0.05, 0.1) is 18.4 Å². The van der Waals surface area contributed by atoms with Crippen LogP contribution in [-0.4, -0.2) is 60.5 Å². The van der Waals surface area contributed by atoms with Crippen molar-refractivity contribution in [3.63, 3.8) is 0 Å². The van der Waals surface area contributed by atoms with Crippen LogP contribution in [0.2, 0.25) is 0 Å². The largest absolute Gasteiger partial charge is 0.465 e. The van der Waals surface area contributed by atoms with Crippen LogP contribution >= 0.6 is 11.8 Å². The molecular formula is C23H29N5O4S. The number of piperidine rings is 1. The Morgan fingerprint density at radius 2 is 1.82 bits per heavy atom. The van der Waals surface area contributed by atoms with E-state index in [4.69, 9.17) is 0 Å². The van der Waals surface area contributed by atoms with Gasteiger partial charge in [0.1, 0.15) is 5.03 Å². The van der Waals surface area contributed by atoms with Crippen molar-refractivity contribution in [2.45, 2.75) is 31.2 Å². The van der Waals surface area contributed by atoms with Gasteiger partial charge < -0.3 is 20.3 Å². The van der Waals surface area contributed by atoms with Crippen molar-refractivity contribution in [3.8, 4) is 0 Å². The van der Waals surface area contributed by atoms with Gasteiger partial charge in [-0.05, 0) is 55.7 Å².